The fourth-order valence-electron chi connectivity index (χ4n) is 4.09. The Morgan fingerprint density at radius 1 is 1.30 bits per heavy atom. The monoisotopic (exact) mass is 341 g/mol. The Balaban J connectivity index is 1.79. The van der Waals surface area contributed by atoms with Crippen LogP contribution in [0, 0.1) is 16.7 Å². The summed E-state index contributed by atoms with van der Waals surface area (Å²) < 4.78 is 31.2. The molecule has 2 saturated heterocycles. The molecule has 3 fully saturated rings. The van der Waals surface area contributed by atoms with Crippen LogP contribution in [0.2, 0.25) is 0 Å². The predicted octanol–water partition coefficient (Wildman–Crippen LogP) is 0.332. The molecule has 0 aromatic heterocycles. The van der Waals surface area contributed by atoms with Crippen LogP contribution in [-0.2, 0) is 19.6 Å². The Kier molecular flexibility index (Phi) is 4.38. The number of ether oxygens (including phenoxy) is 1. The molecule has 3 rings (SSSR count). The number of carbonyl (C=O) groups is 1. The lowest BCUT2D eigenvalue weighted by molar-refractivity contribution is -0.146. The molecule has 0 spiro atoms. The van der Waals surface area contributed by atoms with Crippen LogP contribution >= 0.6 is 0 Å². The van der Waals surface area contributed by atoms with Gasteiger partial charge in [-0.3, -0.25) is 4.79 Å². The van der Waals surface area contributed by atoms with Crippen molar-refractivity contribution in [2.24, 2.45) is 5.41 Å². The molecular formula is C15H23N3O4S. The fourth-order valence-corrected chi connectivity index (χ4v) is 5.19. The topological polar surface area (TPSA) is 90.7 Å². The third-order valence-electron chi connectivity index (χ3n) is 5.33. The minimum Gasteiger partial charge on any atom is -0.375 e. The van der Waals surface area contributed by atoms with Gasteiger partial charge in [0.05, 0.1) is 31.1 Å². The molecule has 3 aliphatic rings. The quantitative estimate of drug-likeness (QED) is 0.722. The maximum absolute atomic E-state index is 12.9. The Labute approximate surface area is 137 Å². The molecule has 0 aromatic carbocycles. The van der Waals surface area contributed by atoms with Crippen LogP contribution in [0.1, 0.15) is 32.1 Å². The second-order valence-electron chi connectivity index (χ2n) is 6.79. The Hall–Kier alpha value is -1.17. The van der Waals surface area contributed by atoms with E-state index in [0.717, 1.165) is 12.8 Å². The van der Waals surface area contributed by atoms with Crippen LogP contribution in [0.5, 0.6) is 0 Å². The van der Waals surface area contributed by atoms with Gasteiger partial charge in [0.15, 0.2) is 0 Å². The van der Waals surface area contributed by atoms with Gasteiger partial charge in [-0.15, -0.1) is 0 Å². The van der Waals surface area contributed by atoms with Crippen molar-refractivity contribution in [1.82, 2.24) is 9.21 Å². The molecule has 128 valence electrons. The van der Waals surface area contributed by atoms with Gasteiger partial charge in [0.2, 0.25) is 15.9 Å². The average Bonchev–Trinajstić information content (AvgIpc) is 3.02. The third kappa shape index (κ3) is 2.97. The van der Waals surface area contributed by atoms with Gasteiger partial charge in [-0.25, -0.2) is 8.42 Å². The highest BCUT2D eigenvalue weighted by Crippen LogP contribution is 2.40. The zero-order valence-electron chi connectivity index (χ0n) is 13.4. The summed E-state index contributed by atoms with van der Waals surface area (Å²) in [5.74, 6) is -0.130. The number of hydrogen-bond acceptors (Lipinski definition) is 5. The SMILES string of the molecule is CS(=O)(=O)N1CCO[C@H]2CCN(C(=O)C3(C#N)CCCC3)C[C@@H]21. The van der Waals surface area contributed by atoms with Crippen LogP contribution in [0.15, 0.2) is 0 Å². The highest BCUT2D eigenvalue weighted by molar-refractivity contribution is 7.88. The zero-order valence-corrected chi connectivity index (χ0v) is 14.2. The molecule has 8 heteroatoms. The van der Waals surface area contributed by atoms with Gasteiger partial charge in [-0.1, -0.05) is 12.8 Å². The molecule has 0 aromatic rings. The number of nitrogens with zero attached hydrogens (tertiary/aromatic N) is 3. The summed E-state index contributed by atoms with van der Waals surface area (Å²) in [6.45, 7) is 1.57. The number of nitriles is 1. The van der Waals surface area contributed by atoms with E-state index in [1.807, 2.05) is 0 Å². The normalized spacial score (nSPS) is 31.4. The van der Waals surface area contributed by atoms with Crippen molar-refractivity contribution < 1.29 is 17.9 Å². The van der Waals surface area contributed by atoms with Gasteiger partial charge in [-0.05, 0) is 19.3 Å². The van der Waals surface area contributed by atoms with Crippen molar-refractivity contribution in [3.8, 4) is 6.07 Å². The number of carbonyl (C=O) groups excluding carboxylic acids is 1. The molecule has 2 heterocycles. The first kappa shape index (κ1) is 16.7. The van der Waals surface area contributed by atoms with Crippen LogP contribution in [0.4, 0.5) is 0 Å². The van der Waals surface area contributed by atoms with E-state index in [-0.39, 0.29) is 18.1 Å². The number of piperidine rings is 1. The van der Waals surface area contributed by atoms with Crippen molar-refractivity contribution in [2.75, 3.05) is 32.5 Å². The minimum absolute atomic E-state index is 0.130. The molecule has 1 amide bonds. The van der Waals surface area contributed by atoms with Gasteiger partial charge in [-0.2, -0.15) is 9.57 Å². The van der Waals surface area contributed by atoms with Gasteiger partial charge in [0, 0.05) is 19.6 Å². The smallest absolute Gasteiger partial charge is 0.243 e. The van der Waals surface area contributed by atoms with Crippen molar-refractivity contribution in [3.05, 3.63) is 0 Å². The fraction of sp³-hybridized carbons (Fsp3) is 0.867. The number of morpholine rings is 1. The van der Waals surface area contributed by atoms with Gasteiger partial charge in [0.1, 0.15) is 5.41 Å². The lowest BCUT2D eigenvalue weighted by Gasteiger charge is -2.46. The van der Waals surface area contributed by atoms with Crippen molar-refractivity contribution in [3.63, 3.8) is 0 Å². The summed E-state index contributed by atoms with van der Waals surface area (Å²) in [5, 5.41) is 9.50. The van der Waals surface area contributed by atoms with Gasteiger partial charge >= 0.3 is 0 Å². The van der Waals surface area contributed by atoms with E-state index in [4.69, 9.17) is 4.74 Å². The second-order valence-corrected chi connectivity index (χ2v) is 8.73. The minimum atomic E-state index is -3.33. The number of fused-ring (bicyclic) bond motifs is 1. The van der Waals surface area contributed by atoms with Crippen molar-refractivity contribution in [2.45, 2.75) is 44.2 Å². The van der Waals surface area contributed by atoms with Crippen LogP contribution < -0.4 is 0 Å². The van der Waals surface area contributed by atoms with E-state index in [9.17, 15) is 18.5 Å². The molecule has 7 nitrogen and oxygen atoms in total. The van der Waals surface area contributed by atoms with Crippen LogP contribution in [0.25, 0.3) is 0 Å². The first-order valence-electron chi connectivity index (χ1n) is 8.16. The second kappa shape index (κ2) is 6.04. The average molecular weight is 341 g/mol. The van der Waals surface area contributed by atoms with E-state index in [2.05, 4.69) is 6.07 Å². The maximum Gasteiger partial charge on any atom is 0.243 e. The Bertz CT molecular complexity index is 621. The molecule has 2 aliphatic heterocycles. The summed E-state index contributed by atoms with van der Waals surface area (Å²) in [6.07, 6.45) is 4.67. The van der Waals surface area contributed by atoms with E-state index >= 15 is 0 Å². The summed E-state index contributed by atoms with van der Waals surface area (Å²) >= 11 is 0. The van der Waals surface area contributed by atoms with Crippen LogP contribution in [0.3, 0.4) is 0 Å². The summed E-state index contributed by atoms with van der Waals surface area (Å²) in [5.41, 5.74) is -0.904. The summed E-state index contributed by atoms with van der Waals surface area (Å²) in [7, 11) is -3.33. The molecule has 2 atom stereocenters. The number of rotatable bonds is 2. The number of likely N-dealkylation sites (tertiary alicyclic amines) is 1. The molecular weight excluding hydrogens is 318 g/mol. The maximum atomic E-state index is 12.9. The first-order chi connectivity index (χ1) is 10.9. The van der Waals surface area contributed by atoms with Gasteiger partial charge in [0.25, 0.3) is 0 Å². The molecule has 23 heavy (non-hydrogen) atoms. The Morgan fingerprint density at radius 2 is 2.00 bits per heavy atom. The Morgan fingerprint density at radius 3 is 2.61 bits per heavy atom. The molecule has 1 aliphatic carbocycles. The summed E-state index contributed by atoms with van der Waals surface area (Å²) in [6, 6.07) is 1.89. The van der Waals surface area contributed by atoms with Crippen molar-refractivity contribution >= 4 is 15.9 Å². The molecule has 0 unspecified atom stereocenters. The molecule has 0 N–H and O–H groups in total. The van der Waals surface area contributed by atoms with Gasteiger partial charge < -0.3 is 9.64 Å². The molecule has 1 saturated carbocycles. The predicted molar refractivity (Wildman–Crippen MR) is 82.8 cm³/mol. The standard InChI is InChI=1S/C15H23N3O4S/c1-23(20,21)18-8-9-22-13-4-7-17(10-12(13)18)14(19)15(11-16)5-2-3-6-15/h12-13H,2-10H2,1H3/t12-,13-/m0/s1. The van der Waals surface area contributed by atoms with Crippen LogP contribution in [-0.4, -0.2) is 68.2 Å². The number of hydrogen-bond donors (Lipinski definition) is 0. The summed E-state index contributed by atoms with van der Waals surface area (Å²) in [4.78, 5) is 14.6. The number of amides is 1. The lowest BCUT2D eigenvalue weighted by atomic mass is 9.85. The highest BCUT2D eigenvalue weighted by atomic mass is 32.2. The van der Waals surface area contributed by atoms with Crippen molar-refractivity contribution in [1.29, 1.82) is 5.26 Å². The highest BCUT2D eigenvalue weighted by Gasteiger charge is 2.48. The molecule has 0 bridgehead atoms. The zero-order chi connectivity index (χ0) is 16.7. The first-order valence-corrected chi connectivity index (χ1v) is 10.0. The van der Waals surface area contributed by atoms with E-state index in [0.29, 0.717) is 45.5 Å². The number of sulfonamides is 1. The van der Waals surface area contributed by atoms with E-state index in [1.165, 1.54) is 10.6 Å². The molecule has 0 radical (unpaired) electrons. The third-order valence-corrected chi connectivity index (χ3v) is 6.63. The van der Waals surface area contributed by atoms with E-state index < -0.39 is 15.4 Å². The van der Waals surface area contributed by atoms with E-state index in [1.54, 1.807) is 4.90 Å². The lowest BCUT2D eigenvalue weighted by Crippen LogP contribution is -2.62. The largest absolute Gasteiger partial charge is 0.375 e.